The number of hydrogen-bond donors (Lipinski definition) is 1. The van der Waals surface area contributed by atoms with Gasteiger partial charge in [-0.2, -0.15) is 0 Å². The Labute approximate surface area is 186 Å². The van der Waals surface area contributed by atoms with Gasteiger partial charge in [0.05, 0.1) is 11.6 Å². The van der Waals surface area contributed by atoms with Crippen LogP contribution in [0.5, 0.6) is 5.75 Å². The first kappa shape index (κ1) is 21.6. The van der Waals surface area contributed by atoms with Crippen LogP contribution in [0, 0.1) is 0 Å². The fourth-order valence-corrected chi connectivity index (χ4v) is 5.21. The van der Waals surface area contributed by atoms with Crippen LogP contribution in [0.3, 0.4) is 0 Å². The molecule has 1 fully saturated rings. The first-order chi connectivity index (χ1) is 14.9. The SMILES string of the molecule is CCN(CC)CCN1C(=O)C(=O)C(=C(O)c2ccc3c(c2)C[C@@H](C)O3)[C@H]1c1cccs1. The number of nitrogens with zero attached hydrogens (tertiary/aromatic N) is 2. The Morgan fingerprint density at radius 1 is 1.26 bits per heavy atom. The molecule has 7 heteroatoms. The highest BCUT2D eigenvalue weighted by molar-refractivity contribution is 7.10. The topological polar surface area (TPSA) is 70.1 Å². The maximum absolute atomic E-state index is 13.1. The lowest BCUT2D eigenvalue weighted by Gasteiger charge is -2.27. The van der Waals surface area contributed by atoms with E-state index in [4.69, 9.17) is 4.74 Å². The molecule has 0 unspecified atom stereocenters. The van der Waals surface area contributed by atoms with Crippen LogP contribution in [0.25, 0.3) is 5.76 Å². The van der Waals surface area contributed by atoms with Crippen molar-refractivity contribution in [1.82, 2.24) is 9.80 Å². The van der Waals surface area contributed by atoms with Crippen LogP contribution < -0.4 is 4.74 Å². The van der Waals surface area contributed by atoms with Crippen molar-refractivity contribution in [2.75, 3.05) is 26.2 Å². The van der Waals surface area contributed by atoms with Gasteiger partial charge in [0.1, 0.15) is 17.6 Å². The molecule has 0 saturated carbocycles. The van der Waals surface area contributed by atoms with Crippen LogP contribution in [-0.4, -0.2) is 58.9 Å². The number of rotatable bonds is 7. The molecule has 0 radical (unpaired) electrons. The lowest BCUT2D eigenvalue weighted by molar-refractivity contribution is -0.140. The molecule has 0 bridgehead atoms. The van der Waals surface area contributed by atoms with Gasteiger partial charge in [-0.05, 0) is 55.2 Å². The lowest BCUT2D eigenvalue weighted by atomic mass is 9.98. The highest BCUT2D eigenvalue weighted by Gasteiger charge is 2.46. The van der Waals surface area contributed by atoms with Crippen molar-refractivity contribution in [3.8, 4) is 5.75 Å². The van der Waals surface area contributed by atoms with Crippen LogP contribution in [0.1, 0.15) is 42.8 Å². The molecule has 1 aromatic heterocycles. The fourth-order valence-electron chi connectivity index (χ4n) is 4.37. The average Bonchev–Trinajstić information content (AvgIpc) is 3.47. The molecule has 4 rings (SSSR count). The minimum Gasteiger partial charge on any atom is -0.507 e. The number of benzene rings is 1. The maximum atomic E-state index is 13.1. The van der Waals surface area contributed by atoms with Crippen molar-refractivity contribution in [3.63, 3.8) is 0 Å². The number of aliphatic hydroxyl groups is 1. The van der Waals surface area contributed by atoms with Crippen molar-refractivity contribution in [1.29, 1.82) is 0 Å². The van der Waals surface area contributed by atoms with Gasteiger partial charge in [-0.15, -0.1) is 11.3 Å². The number of likely N-dealkylation sites (N-methyl/N-ethyl adjacent to an activating group) is 1. The number of hydrogen-bond acceptors (Lipinski definition) is 6. The Balaban J connectivity index is 1.74. The zero-order chi connectivity index (χ0) is 22.1. The van der Waals surface area contributed by atoms with E-state index in [1.54, 1.807) is 11.0 Å². The molecule has 1 aromatic carbocycles. The molecule has 2 aliphatic heterocycles. The minimum absolute atomic E-state index is 0.0872. The molecule has 2 aromatic rings. The van der Waals surface area contributed by atoms with Crippen LogP contribution in [-0.2, 0) is 16.0 Å². The second-order valence-corrected chi connectivity index (χ2v) is 8.97. The molecule has 2 atom stereocenters. The van der Waals surface area contributed by atoms with E-state index in [9.17, 15) is 14.7 Å². The van der Waals surface area contributed by atoms with Crippen LogP contribution >= 0.6 is 11.3 Å². The van der Waals surface area contributed by atoms with E-state index in [0.29, 0.717) is 18.7 Å². The number of carbonyl (C=O) groups is 2. The van der Waals surface area contributed by atoms with E-state index >= 15 is 0 Å². The zero-order valence-electron chi connectivity index (χ0n) is 18.1. The van der Waals surface area contributed by atoms with Crippen molar-refractivity contribution in [2.45, 2.75) is 39.3 Å². The second kappa shape index (κ2) is 8.85. The summed E-state index contributed by atoms with van der Waals surface area (Å²) in [7, 11) is 0. The molecule has 31 heavy (non-hydrogen) atoms. The van der Waals surface area contributed by atoms with Gasteiger partial charge >= 0.3 is 0 Å². The first-order valence-corrected chi connectivity index (χ1v) is 11.7. The van der Waals surface area contributed by atoms with Gasteiger partial charge in [-0.3, -0.25) is 9.59 Å². The number of amides is 1. The Kier molecular flexibility index (Phi) is 6.16. The quantitative estimate of drug-likeness (QED) is 0.403. The van der Waals surface area contributed by atoms with Gasteiger partial charge in [0.15, 0.2) is 0 Å². The summed E-state index contributed by atoms with van der Waals surface area (Å²) < 4.78 is 5.75. The Morgan fingerprint density at radius 2 is 2.03 bits per heavy atom. The highest BCUT2D eigenvalue weighted by Crippen LogP contribution is 2.41. The molecule has 2 aliphatic rings. The number of likely N-dealkylation sites (tertiary alicyclic amines) is 1. The number of ketones is 1. The summed E-state index contributed by atoms with van der Waals surface area (Å²) in [6, 6.07) is 8.68. The van der Waals surface area contributed by atoms with Crippen molar-refractivity contribution in [2.24, 2.45) is 0 Å². The Bertz CT molecular complexity index is 1010. The Morgan fingerprint density at radius 3 is 2.71 bits per heavy atom. The molecule has 1 N–H and O–H groups in total. The summed E-state index contributed by atoms with van der Waals surface area (Å²) in [6.07, 6.45) is 0.840. The van der Waals surface area contributed by atoms with E-state index in [1.165, 1.54) is 11.3 Å². The fraction of sp³-hybridized carbons (Fsp3) is 0.417. The molecule has 164 valence electrons. The van der Waals surface area contributed by atoms with Crippen molar-refractivity contribution >= 4 is 28.8 Å². The summed E-state index contributed by atoms with van der Waals surface area (Å²) in [5.41, 5.74) is 1.71. The number of ether oxygens (including phenoxy) is 1. The third-order valence-corrected chi connectivity index (χ3v) is 7.00. The Hall–Kier alpha value is -2.64. The summed E-state index contributed by atoms with van der Waals surface area (Å²) in [5, 5.41) is 13.1. The molecular weight excluding hydrogens is 412 g/mol. The molecule has 6 nitrogen and oxygen atoms in total. The number of Topliss-reactive ketones (excluding diaryl/α,β-unsaturated/α-hetero) is 1. The highest BCUT2D eigenvalue weighted by atomic mass is 32.1. The molecule has 1 amide bonds. The maximum Gasteiger partial charge on any atom is 0.295 e. The van der Waals surface area contributed by atoms with Gasteiger partial charge in [0, 0.05) is 30.0 Å². The molecular formula is C24H28N2O4S. The van der Waals surface area contributed by atoms with E-state index in [1.807, 2.05) is 36.6 Å². The standard InChI is InChI=1S/C24H28N2O4S/c1-4-25(5-2)10-11-26-21(19-7-6-12-31-19)20(23(28)24(26)29)22(27)16-8-9-18-17(14-16)13-15(3)30-18/h6-9,12,14-15,21,27H,4-5,10-11,13H2,1-3H3/t15-,21-/m1/s1. The first-order valence-electron chi connectivity index (χ1n) is 10.8. The normalized spacial score (nSPS) is 22.3. The molecule has 0 spiro atoms. The predicted octanol–water partition coefficient (Wildman–Crippen LogP) is 3.84. The van der Waals surface area contributed by atoms with Gasteiger partial charge in [-0.25, -0.2) is 0 Å². The van der Waals surface area contributed by atoms with E-state index in [-0.39, 0.29) is 17.4 Å². The largest absolute Gasteiger partial charge is 0.507 e. The molecule has 0 aliphatic carbocycles. The van der Waals surface area contributed by atoms with Crippen LogP contribution in [0.4, 0.5) is 0 Å². The molecule has 3 heterocycles. The summed E-state index contributed by atoms with van der Waals surface area (Å²) in [4.78, 5) is 30.7. The van der Waals surface area contributed by atoms with Crippen LogP contribution in [0.2, 0.25) is 0 Å². The predicted molar refractivity (Wildman–Crippen MR) is 121 cm³/mol. The smallest absolute Gasteiger partial charge is 0.295 e. The van der Waals surface area contributed by atoms with Gasteiger partial charge in [0.2, 0.25) is 0 Å². The summed E-state index contributed by atoms with van der Waals surface area (Å²) in [5.74, 6) is -0.492. The summed E-state index contributed by atoms with van der Waals surface area (Å²) in [6.45, 7) is 9.01. The number of thiophene rings is 1. The van der Waals surface area contributed by atoms with E-state index in [0.717, 1.165) is 35.7 Å². The van der Waals surface area contributed by atoms with Gasteiger partial charge < -0.3 is 19.6 Å². The number of carbonyl (C=O) groups excluding carboxylic acids is 2. The van der Waals surface area contributed by atoms with Crippen LogP contribution in [0.15, 0.2) is 41.3 Å². The molecule has 1 saturated heterocycles. The van der Waals surface area contributed by atoms with Gasteiger partial charge in [0.25, 0.3) is 11.7 Å². The number of fused-ring (bicyclic) bond motifs is 1. The minimum atomic E-state index is -0.624. The third-order valence-electron chi connectivity index (χ3n) is 6.07. The third kappa shape index (κ3) is 4.00. The number of aliphatic hydroxyl groups excluding tert-OH is 1. The van der Waals surface area contributed by atoms with Gasteiger partial charge in [-0.1, -0.05) is 19.9 Å². The zero-order valence-corrected chi connectivity index (χ0v) is 18.9. The monoisotopic (exact) mass is 440 g/mol. The van der Waals surface area contributed by atoms with E-state index in [2.05, 4.69) is 18.7 Å². The second-order valence-electron chi connectivity index (χ2n) is 7.99. The average molecular weight is 441 g/mol. The van der Waals surface area contributed by atoms with Crippen molar-refractivity contribution < 1.29 is 19.4 Å². The lowest BCUT2D eigenvalue weighted by Crippen LogP contribution is -2.37. The summed E-state index contributed by atoms with van der Waals surface area (Å²) >= 11 is 1.49. The van der Waals surface area contributed by atoms with Crippen molar-refractivity contribution in [3.05, 3.63) is 57.3 Å². The van der Waals surface area contributed by atoms with E-state index < -0.39 is 17.7 Å².